The summed E-state index contributed by atoms with van der Waals surface area (Å²) >= 11 is 0. The third-order valence-electron chi connectivity index (χ3n) is 2.98. The number of rotatable bonds is 4. The summed E-state index contributed by atoms with van der Waals surface area (Å²) in [5.41, 5.74) is 0.747. The number of hydrogen-bond acceptors (Lipinski definition) is 3. The lowest BCUT2D eigenvalue weighted by Crippen LogP contribution is -2.25. The molecule has 1 aliphatic rings. The Kier molecular flexibility index (Phi) is 3.64. The van der Waals surface area contributed by atoms with E-state index in [0.29, 0.717) is 5.75 Å². The first kappa shape index (κ1) is 11.9. The van der Waals surface area contributed by atoms with Gasteiger partial charge < -0.3 is 14.9 Å². The van der Waals surface area contributed by atoms with Crippen molar-refractivity contribution in [2.24, 2.45) is 0 Å². The number of aliphatic hydroxyl groups excluding tert-OH is 1. The van der Waals surface area contributed by atoms with E-state index in [1.807, 2.05) is 0 Å². The molecule has 4 heteroatoms. The molecule has 1 aliphatic carbocycles. The quantitative estimate of drug-likeness (QED) is 0.833. The van der Waals surface area contributed by atoms with Crippen LogP contribution >= 0.6 is 0 Å². The number of hydrogen-bond donors (Lipinski definition) is 2. The molecule has 1 fully saturated rings. The molecular weight excluding hydrogens is 220 g/mol. The highest BCUT2D eigenvalue weighted by atomic mass is 16.5. The molecular formula is C13H16O4. The standard InChI is InChI=1S/C13H16O4/c14-11-2-1-3-12(11)17-10-6-4-9(5-7-10)8-13(15)16/h4-7,11-12,14H,1-3,8H2,(H,15,16). The summed E-state index contributed by atoms with van der Waals surface area (Å²) in [4.78, 5) is 10.5. The second-order valence-corrected chi connectivity index (χ2v) is 4.37. The molecule has 2 unspecified atom stereocenters. The molecule has 1 saturated carbocycles. The monoisotopic (exact) mass is 236 g/mol. The zero-order valence-electron chi connectivity index (χ0n) is 9.50. The van der Waals surface area contributed by atoms with E-state index >= 15 is 0 Å². The van der Waals surface area contributed by atoms with Gasteiger partial charge in [-0.05, 0) is 37.0 Å². The van der Waals surface area contributed by atoms with Gasteiger partial charge in [-0.15, -0.1) is 0 Å². The van der Waals surface area contributed by atoms with Crippen molar-refractivity contribution in [3.05, 3.63) is 29.8 Å². The molecule has 0 aromatic heterocycles. The minimum atomic E-state index is -0.843. The van der Waals surface area contributed by atoms with Crippen LogP contribution in [0.15, 0.2) is 24.3 Å². The van der Waals surface area contributed by atoms with Gasteiger partial charge in [0.25, 0.3) is 0 Å². The van der Waals surface area contributed by atoms with E-state index in [-0.39, 0.29) is 18.6 Å². The molecule has 0 heterocycles. The largest absolute Gasteiger partial charge is 0.488 e. The molecule has 2 N–H and O–H groups in total. The van der Waals surface area contributed by atoms with Crippen LogP contribution in [0.2, 0.25) is 0 Å². The first-order chi connectivity index (χ1) is 8.15. The summed E-state index contributed by atoms with van der Waals surface area (Å²) in [6, 6.07) is 6.99. The number of carboxylic acid groups (broad SMARTS) is 1. The first-order valence-electron chi connectivity index (χ1n) is 5.80. The third-order valence-corrected chi connectivity index (χ3v) is 2.98. The Morgan fingerprint density at radius 3 is 2.53 bits per heavy atom. The van der Waals surface area contributed by atoms with Gasteiger partial charge >= 0.3 is 5.97 Å². The van der Waals surface area contributed by atoms with E-state index in [1.165, 1.54) is 0 Å². The molecule has 0 spiro atoms. The predicted molar refractivity (Wildman–Crippen MR) is 62.1 cm³/mol. The van der Waals surface area contributed by atoms with Gasteiger partial charge in [-0.2, -0.15) is 0 Å². The smallest absolute Gasteiger partial charge is 0.307 e. The van der Waals surface area contributed by atoms with Crippen LogP contribution in [-0.2, 0) is 11.2 Å². The van der Waals surface area contributed by atoms with Crippen LogP contribution < -0.4 is 4.74 Å². The molecule has 2 atom stereocenters. The zero-order chi connectivity index (χ0) is 12.3. The number of aliphatic carboxylic acids is 1. The molecule has 4 nitrogen and oxygen atoms in total. The Bertz CT molecular complexity index is 385. The van der Waals surface area contributed by atoms with Crippen molar-refractivity contribution in [1.29, 1.82) is 0 Å². The minimum Gasteiger partial charge on any atom is -0.488 e. The molecule has 17 heavy (non-hydrogen) atoms. The number of carboxylic acids is 1. The minimum absolute atomic E-state index is 0.0202. The highest BCUT2D eigenvalue weighted by Crippen LogP contribution is 2.24. The van der Waals surface area contributed by atoms with Gasteiger partial charge in [0.05, 0.1) is 12.5 Å². The summed E-state index contributed by atoms with van der Waals surface area (Å²) in [6.07, 6.45) is 2.17. The van der Waals surface area contributed by atoms with E-state index in [9.17, 15) is 9.90 Å². The van der Waals surface area contributed by atoms with E-state index in [0.717, 1.165) is 24.8 Å². The third kappa shape index (κ3) is 3.20. The highest BCUT2D eigenvalue weighted by molar-refractivity contribution is 5.70. The maximum absolute atomic E-state index is 10.5. The Morgan fingerprint density at radius 1 is 1.29 bits per heavy atom. The Morgan fingerprint density at radius 2 is 2.00 bits per heavy atom. The van der Waals surface area contributed by atoms with Gasteiger partial charge in [-0.25, -0.2) is 0 Å². The molecule has 1 aromatic carbocycles. The van der Waals surface area contributed by atoms with Crippen molar-refractivity contribution in [2.75, 3.05) is 0 Å². The van der Waals surface area contributed by atoms with Crippen LogP contribution in [0.3, 0.4) is 0 Å². The summed E-state index contributed by atoms with van der Waals surface area (Å²) < 4.78 is 5.65. The maximum atomic E-state index is 10.5. The second kappa shape index (κ2) is 5.19. The maximum Gasteiger partial charge on any atom is 0.307 e. The molecule has 0 aliphatic heterocycles. The predicted octanol–water partition coefficient (Wildman–Crippen LogP) is 1.61. The molecule has 0 saturated heterocycles. The molecule has 0 bridgehead atoms. The van der Waals surface area contributed by atoms with Gasteiger partial charge in [0.2, 0.25) is 0 Å². The van der Waals surface area contributed by atoms with Crippen LogP contribution in [0.5, 0.6) is 5.75 Å². The van der Waals surface area contributed by atoms with E-state index < -0.39 is 5.97 Å². The number of carbonyl (C=O) groups is 1. The van der Waals surface area contributed by atoms with Crippen LogP contribution in [0.1, 0.15) is 24.8 Å². The van der Waals surface area contributed by atoms with Crippen molar-refractivity contribution < 1.29 is 19.7 Å². The van der Waals surface area contributed by atoms with Gasteiger partial charge in [-0.3, -0.25) is 4.79 Å². The fraction of sp³-hybridized carbons (Fsp3) is 0.462. The fourth-order valence-corrected chi connectivity index (χ4v) is 2.08. The number of benzene rings is 1. The van der Waals surface area contributed by atoms with Gasteiger partial charge in [0.1, 0.15) is 11.9 Å². The van der Waals surface area contributed by atoms with Crippen molar-refractivity contribution in [3.63, 3.8) is 0 Å². The molecule has 92 valence electrons. The van der Waals surface area contributed by atoms with Crippen LogP contribution in [0.25, 0.3) is 0 Å². The topological polar surface area (TPSA) is 66.8 Å². The van der Waals surface area contributed by atoms with Crippen molar-refractivity contribution >= 4 is 5.97 Å². The van der Waals surface area contributed by atoms with Crippen molar-refractivity contribution in [3.8, 4) is 5.75 Å². The zero-order valence-corrected chi connectivity index (χ0v) is 9.50. The summed E-state index contributed by atoms with van der Waals surface area (Å²) in [5.74, 6) is -0.157. The van der Waals surface area contributed by atoms with Crippen LogP contribution in [0, 0.1) is 0 Å². The summed E-state index contributed by atoms with van der Waals surface area (Å²) in [6.45, 7) is 0. The van der Waals surface area contributed by atoms with Gasteiger partial charge in [0.15, 0.2) is 0 Å². The van der Waals surface area contributed by atoms with Gasteiger partial charge in [0, 0.05) is 0 Å². The lowest BCUT2D eigenvalue weighted by Gasteiger charge is -2.17. The Hall–Kier alpha value is -1.55. The van der Waals surface area contributed by atoms with Crippen LogP contribution in [-0.4, -0.2) is 28.4 Å². The normalized spacial score (nSPS) is 23.6. The average Bonchev–Trinajstić information content (AvgIpc) is 2.67. The Labute approximate surface area is 99.8 Å². The number of aliphatic hydroxyl groups is 1. The number of ether oxygens (including phenoxy) is 1. The Balaban J connectivity index is 1.95. The molecule has 1 aromatic rings. The van der Waals surface area contributed by atoms with E-state index in [4.69, 9.17) is 9.84 Å². The SMILES string of the molecule is O=C(O)Cc1ccc(OC2CCCC2O)cc1. The lowest BCUT2D eigenvalue weighted by atomic mass is 10.1. The van der Waals surface area contributed by atoms with Crippen LogP contribution in [0.4, 0.5) is 0 Å². The van der Waals surface area contributed by atoms with E-state index in [2.05, 4.69) is 0 Å². The summed E-state index contributed by atoms with van der Waals surface area (Å²) in [5, 5.41) is 18.3. The molecule has 2 rings (SSSR count). The van der Waals surface area contributed by atoms with Crippen molar-refractivity contribution in [2.45, 2.75) is 37.9 Å². The second-order valence-electron chi connectivity index (χ2n) is 4.37. The fourth-order valence-electron chi connectivity index (χ4n) is 2.08. The van der Waals surface area contributed by atoms with Crippen molar-refractivity contribution in [1.82, 2.24) is 0 Å². The average molecular weight is 236 g/mol. The molecule has 0 radical (unpaired) electrons. The van der Waals surface area contributed by atoms with Gasteiger partial charge in [-0.1, -0.05) is 12.1 Å². The summed E-state index contributed by atoms with van der Waals surface area (Å²) in [7, 11) is 0. The highest BCUT2D eigenvalue weighted by Gasteiger charge is 2.26. The molecule has 0 amide bonds. The van der Waals surface area contributed by atoms with E-state index in [1.54, 1.807) is 24.3 Å². The lowest BCUT2D eigenvalue weighted by molar-refractivity contribution is -0.136. The first-order valence-corrected chi connectivity index (χ1v) is 5.80.